The molecule has 2 fully saturated rings. The van der Waals surface area contributed by atoms with Crippen LogP contribution >= 0.6 is 0 Å². The molecule has 2 aromatic rings. The molecule has 0 atom stereocenters. The van der Waals surface area contributed by atoms with E-state index in [4.69, 9.17) is 0 Å². The van der Waals surface area contributed by atoms with Crippen LogP contribution in [0.5, 0.6) is 0 Å². The van der Waals surface area contributed by atoms with Crippen LogP contribution in [0.3, 0.4) is 0 Å². The Morgan fingerprint density at radius 3 is 2.89 bits per heavy atom. The molecule has 2 N–H and O–H groups in total. The Balaban J connectivity index is 1.59. The number of nitrogens with one attached hydrogen (secondary N) is 2. The fourth-order valence-electron chi connectivity index (χ4n) is 3.69. The Morgan fingerprint density at radius 2 is 2.07 bits per heavy atom. The van der Waals surface area contributed by atoms with Gasteiger partial charge in [0.1, 0.15) is 5.69 Å². The van der Waals surface area contributed by atoms with Crippen LogP contribution in [0.4, 0.5) is 16.0 Å². The van der Waals surface area contributed by atoms with Gasteiger partial charge in [-0.1, -0.05) is 12.1 Å². The van der Waals surface area contributed by atoms with Gasteiger partial charge in [-0.3, -0.25) is 4.79 Å². The zero-order valence-electron chi connectivity index (χ0n) is 15.2. The minimum atomic E-state index is -0.465. The lowest BCUT2D eigenvalue weighted by atomic mass is 10.1. The number of piperidine rings is 2. The number of amides is 1. The monoisotopic (exact) mass is 369 g/mol. The second kappa shape index (κ2) is 8.00. The van der Waals surface area contributed by atoms with E-state index in [0.717, 1.165) is 44.5 Å². The van der Waals surface area contributed by atoms with E-state index in [2.05, 4.69) is 20.6 Å². The van der Waals surface area contributed by atoms with Crippen molar-refractivity contribution >= 4 is 17.5 Å². The van der Waals surface area contributed by atoms with Crippen molar-refractivity contribution in [2.45, 2.75) is 38.1 Å². The van der Waals surface area contributed by atoms with Crippen LogP contribution in [-0.4, -0.2) is 41.6 Å². The van der Waals surface area contributed by atoms with Crippen LogP contribution in [0.2, 0.25) is 0 Å². The second-order valence-corrected chi connectivity index (χ2v) is 7.11. The Labute approximate surface area is 158 Å². The first kappa shape index (κ1) is 17.9. The van der Waals surface area contributed by atoms with Crippen molar-refractivity contribution in [2.24, 2.45) is 0 Å². The van der Waals surface area contributed by atoms with E-state index in [1.807, 2.05) is 24.3 Å². The van der Waals surface area contributed by atoms with Gasteiger partial charge < -0.3 is 15.5 Å². The molecule has 2 saturated heterocycles. The SMILES string of the molecule is O=C1CCCCN1c1cccc(-c2nc(NC3CCNCC3)ncc2F)c1. The molecule has 27 heavy (non-hydrogen) atoms. The van der Waals surface area contributed by atoms with Crippen LogP contribution in [-0.2, 0) is 4.79 Å². The van der Waals surface area contributed by atoms with E-state index in [1.54, 1.807) is 4.90 Å². The van der Waals surface area contributed by atoms with Gasteiger partial charge in [0.05, 0.1) is 6.20 Å². The number of hydrogen-bond acceptors (Lipinski definition) is 5. The highest BCUT2D eigenvalue weighted by Gasteiger charge is 2.21. The Kier molecular flexibility index (Phi) is 5.29. The van der Waals surface area contributed by atoms with Crippen LogP contribution in [0.15, 0.2) is 30.5 Å². The van der Waals surface area contributed by atoms with Crippen LogP contribution in [0.1, 0.15) is 32.1 Å². The molecule has 0 unspecified atom stereocenters. The molecule has 3 heterocycles. The maximum absolute atomic E-state index is 14.4. The van der Waals surface area contributed by atoms with Gasteiger partial charge in [0.2, 0.25) is 11.9 Å². The number of aromatic nitrogens is 2. The highest BCUT2D eigenvalue weighted by atomic mass is 19.1. The van der Waals surface area contributed by atoms with Gasteiger partial charge in [0.25, 0.3) is 0 Å². The molecule has 4 rings (SSSR count). The summed E-state index contributed by atoms with van der Waals surface area (Å²) in [5.41, 5.74) is 1.70. The number of rotatable bonds is 4. The van der Waals surface area contributed by atoms with Crippen LogP contribution in [0, 0.1) is 5.82 Å². The fraction of sp³-hybridized carbons (Fsp3) is 0.450. The second-order valence-electron chi connectivity index (χ2n) is 7.11. The van der Waals surface area contributed by atoms with E-state index >= 15 is 0 Å². The summed E-state index contributed by atoms with van der Waals surface area (Å²) in [6.45, 7) is 2.62. The maximum Gasteiger partial charge on any atom is 0.226 e. The van der Waals surface area contributed by atoms with Gasteiger partial charge in [-0.05, 0) is 50.9 Å². The minimum Gasteiger partial charge on any atom is -0.351 e. The van der Waals surface area contributed by atoms with Crippen LogP contribution in [0.25, 0.3) is 11.3 Å². The first-order chi connectivity index (χ1) is 13.2. The van der Waals surface area contributed by atoms with E-state index < -0.39 is 5.82 Å². The quantitative estimate of drug-likeness (QED) is 0.867. The number of benzene rings is 1. The molecule has 2 aliphatic rings. The van der Waals surface area contributed by atoms with Gasteiger partial charge >= 0.3 is 0 Å². The van der Waals surface area contributed by atoms with E-state index in [1.165, 1.54) is 6.20 Å². The van der Waals surface area contributed by atoms with Crippen molar-refractivity contribution < 1.29 is 9.18 Å². The van der Waals surface area contributed by atoms with Gasteiger partial charge in [-0.15, -0.1) is 0 Å². The fourth-order valence-corrected chi connectivity index (χ4v) is 3.69. The summed E-state index contributed by atoms with van der Waals surface area (Å²) < 4.78 is 14.4. The zero-order valence-corrected chi connectivity index (χ0v) is 15.2. The number of nitrogens with zero attached hydrogens (tertiary/aromatic N) is 3. The highest BCUT2D eigenvalue weighted by molar-refractivity contribution is 5.94. The number of anilines is 2. The average Bonchev–Trinajstić information content (AvgIpc) is 2.71. The lowest BCUT2D eigenvalue weighted by molar-refractivity contribution is -0.119. The smallest absolute Gasteiger partial charge is 0.226 e. The molecule has 2 aliphatic heterocycles. The predicted molar refractivity (Wildman–Crippen MR) is 103 cm³/mol. The molecule has 1 amide bonds. The topological polar surface area (TPSA) is 70.2 Å². The number of halogens is 1. The Morgan fingerprint density at radius 1 is 1.22 bits per heavy atom. The molecule has 0 saturated carbocycles. The van der Waals surface area contributed by atoms with Crippen molar-refractivity contribution in [1.82, 2.24) is 15.3 Å². The van der Waals surface area contributed by atoms with E-state index in [-0.39, 0.29) is 11.6 Å². The highest BCUT2D eigenvalue weighted by Crippen LogP contribution is 2.28. The van der Waals surface area contributed by atoms with E-state index in [9.17, 15) is 9.18 Å². The predicted octanol–water partition coefficient (Wildman–Crippen LogP) is 2.96. The zero-order chi connectivity index (χ0) is 18.6. The first-order valence-corrected chi connectivity index (χ1v) is 9.61. The summed E-state index contributed by atoms with van der Waals surface area (Å²) in [4.78, 5) is 22.5. The molecule has 1 aromatic heterocycles. The summed E-state index contributed by atoms with van der Waals surface area (Å²) in [6.07, 6.45) is 5.68. The molecular formula is C20H24FN5O. The standard InChI is InChI=1S/C20H24FN5O/c21-17-13-23-20(24-15-7-9-22-10-8-15)25-19(17)14-4-3-5-16(12-14)26-11-2-1-6-18(26)27/h3-5,12-13,15,22H,1-2,6-11H2,(H,23,24,25). The van der Waals surface area contributed by atoms with Crippen molar-refractivity contribution in [3.63, 3.8) is 0 Å². The first-order valence-electron chi connectivity index (χ1n) is 9.61. The summed E-state index contributed by atoms with van der Waals surface area (Å²) in [6, 6.07) is 7.68. The van der Waals surface area contributed by atoms with Gasteiger partial charge in [0, 0.05) is 30.3 Å². The van der Waals surface area contributed by atoms with Crippen molar-refractivity contribution in [1.29, 1.82) is 0 Å². The normalized spacial score (nSPS) is 18.6. The maximum atomic E-state index is 14.4. The van der Waals surface area contributed by atoms with Gasteiger partial charge in [-0.25, -0.2) is 14.4 Å². The average molecular weight is 369 g/mol. The third-order valence-electron chi connectivity index (χ3n) is 5.17. The largest absolute Gasteiger partial charge is 0.351 e. The Bertz CT molecular complexity index is 822. The number of hydrogen-bond donors (Lipinski definition) is 2. The molecule has 1 aromatic carbocycles. The van der Waals surface area contributed by atoms with Crippen molar-refractivity contribution in [2.75, 3.05) is 29.9 Å². The summed E-state index contributed by atoms with van der Waals surface area (Å²) in [7, 11) is 0. The Hall–Kier alpha value is -2.54. The third kappa shape index (κ3) is 4.08. The molecule has 6 nitrogen and oxygen atoms in total. The third-order valence-corrected chi connectivity index (χ3v) is 5.17. The van der Waals surface area contributed by atoms with Crippen molar-refractivity contribution in [3.05, 3.63) is 36.3 Å². The molecule has 142 valence electrons. The summed E-state index contributed by atoms with van der Waals surface area (Å²) in [5, 5.41) is 6.62. The van der Waals surface area contributed by atoms with Gasteiger partial charge in [0.15, 0.2) is 5.82 Å². The molecule has 0 radical (unpaired) electrons. The van der Waals surface area contributed by atoms with Gasteiger partial charge in [-0.2, -0.15) is 0 Å². The number of carbonyl (C=O) groups excluding carboxylic acids is 1. The molecule has 7 heteroatoms. The number of carbonyl (C=O) groups is 1. The summed E-state index contributed by atoms with van der Waals surface area (Å²) in [5.74, 6) is 0.0977. The molecular weight excluding hydrogens is 345 g/mol. The van der Waals surface area contributed by atoms with E-state index in [0.29, 0.717) is 30.5 Å². The van der Waals surface area contributed by atoms with Crippen LogP contribution < -0.4 is 15.5 Å². The molecule has 0 bridgehead atoms. The molecule has 0 spiro atoms. The lowest BCUT2D eigenvalue weighted by Gasteiger charge is -2.27. The summed E-state index contributed by atoms with van der Waals surface area (Å²) >= 11 is 0. The molecule has 0 aliphatic carbocycles. The van der Waals surface area contributed by atoms with Crippen molar-refractivity contribution in [3.8, 4) is 11.3 Å². The lowest BCUT2D eigenvalue weighted by Crippen LogP contribution is -2.35. The minimum absolute atomic E-state index is 0.120.